The summed E-state index contributed by atoms with van der Waals surface area (Å²) in [6, 6.07) is 22.1. The van der Waals surface area contributed by atoms with Gasteiger partial charge in [-0.2, -0.15) is 0 Å². The van der Waals surface area contributed by atoms with Crippen LogP contribution in [0.25, 0.3) is 44.3 Å². The second-order valence-corrected chi connectivity index (χ2v) is 8.58. The SMILES string of the molecule is CNc1cc2c(cn1)cc(-c1ccc(F)c(-c3c(NC(N)=O)cccc3-c3ccccc3)c1)c(=O)n2C. The maximum Gasteiger partial charge on any atom is 0.316 e. The average molecular weight is 494 g/mol. The summed E-state index contributed by atoms with van der Waals surface area (Å²) in [6.45, 7) is 0. The van der Waals surface area contributed by atoms with E-state index >= 15 is 4.39 Å². The lowest BCUT2D eigenvalue weighted by molar-refractivity contribution is 0.259. The number of nitrogens with zero attached hydrogens (tertiary/aromatic N) is 2. The Kier molecular flexibility index (Phi) is 6.15. The number of anilines is 2. The zero-order chi connectivity index (χ0) is 26.1. The van der Waals surface area contributed by atoms with Gasteiger partial charge in [0.2, 0.25) is 0 Å². The highest BCUT2D eigenvalue weighted by Crippen LogP contribution is 2.40. The fraction of sp³-hybridized carbons (Fsp3) is 0.0690. The number of rotatable bonds is 5. The lowest BCUT2D eigenvalue weighted by Crippen LogP contribution is -2.20. The van der Waals surface area contributed by atoms with Gasteiger partial charge in [-0.15, -0.1) is 0 Å². The Morgan fingerprint density at radius 3 is 2.43 bits per heavy atom. The summed E-state index contributed by atoms with van der Waals surface area (Å²) in [5.41, 5.74) is 9.45. The molecule has 2 amide bonds. The van der Waals surface area contributed by atoms with Gasteiger partial charge in [0.05, 0.1) is 11.2 Å². The molecule has 0 aliphatic rings. The summed E-state index contributed by atoms with van der Waals surface area (Å²) in [4.78, 5) is 29.5. The van der Waals surface area contributed by atoms with Crippen LogP contribution in [0.15, 0.2) is 89.9 Å². The number of nitrogens with two attached hydrogens (primary N) is 1. The summed E-state index contributed by atoms with van der Waals surface area (Å²) in [5.74, 6) is 0.143. The van der Waals surface area contributed by atoms with Gasteiger partial charge >= 0.3 is 6.03 Å². The number of halogens is 1. The molecular formula is C29H24FN5O2. The van der Waals surface area contributed by atoms with Gasteiger partial charge in [-0.3, -0.25) is 4.79 Å². The van der Waals surface area contributed by atoms with E-state index in [1.165, 1.54) is 6.07 Å². The number of hydrogen-bond donors (Lipinski definition) is 3. The third-order valence-electron chi connectivity index (χ3n) is 6.32. The number of hydrogen-bond acceptors (Lipinski definition) is 4. The van der Waals surface area contributed by atoms with Crippen LogP contribution >= 0.6 is 0 Å². The molecule has 2 aromatic heterocycles. The molecule has 0 fully saturated rings. The van der Waals surface area contributed by atoms with Crippen LogP contribution in [0.5, 0.6) is 0 Å². The maximum absolute atomic E-state index is 15.5. The van der Waals surface area contributed by atoms with E-state index in [1.807, 2.05) is 36.4 Å². The number of carbonyl (C=O) groups excluding carboxylic acids is 1. The van der Waals surface area contributed by atoms with Crippen LogP contribution in [0.1, 0.15) is 0 Å². The highest BCUT2D eigenvalue weighted by atomic mass is 19.1. The van der Waals surface area contributed by atoms with E-state index in [0.29, 0.717) is 33.8 Å². The molecule has 0 saturated heterocycles. The first-order valence-electron chi connectivity index (χ1n) is 11.6. The molecule has 4 N–H and O–H groups in total. The normalized spacial score (nSPS) is 10.9. The van der Waals surface area contributed by atoms with E-state index in [-0.39, 0.29) is 11.1 Å². The van der Waals surface area contributed by atoms with Crippen molar-refractivity contribution >= 4 is 28.4 Å². The third-order valence-corrected chi connectivity index (χ3v) is 6.32. The third kappa shape index (κ3) is 4.40. The number of carbonyl (C=O) groups is 1. The highest BCUT2D eigenvalue weighted by molar-refractivity contribution is 5.99. The number of pyridine rings is 2. The Morgan fingerprint density at radius 1 is 0.919 bits per heavy atom. The Labute approximate surface area is 212 Å². The van der Waals surface area contributed by atoms with Crippen LogP contribution in [0.4, 0.5) is 20.7 Å². The van der Waals surface area contributed by atoms with Crippen molar-refractivity contribution in [3.8, 4) is 33.4 Å². The Hall–Kier alpha value is -4.98. The van der Waals surface area contributed by atoms with Crippen LogP contribution in [0, 0.1) is 5.82 Å². The topological polar surface area (TPSA) is 102 Å². The lowest BCUT2D eigenvalue weighted by Gasteiger charge is -2.17. The quantitative estimate of drug-likeness (QED) is 0.296. The molecule has 0 spiro atoms. The molecule has 0 radical (unpaired) electrons. The van der Waals surface area contributed by atoms with Crippen molar-refractivity contribution in [1.82, 2.24) is 9.55 Å². The van der Waals surface area contributed by atoms with Gasteiger partial charge in [-0.05, 0) is 41.0 Å². The van der Waals surface area contributed by atoms with Crippen LogP contribution in [-0.2, 0) is 7.05 Å². The van der Waals surface area contributed by atoms with E-state index < -0.39 is 11.8 Å². The van der Waals surface area contributed by atoms with Crippen molar-refractivity contribution in [2.45, 2.75) is 0 Å². The number of urea groups is 1. The Morgan fingerprint density at radius 2 is 1.70 bits per heavy atom. The number of aromatic nitrogens is 2. The molecular weight excluding hydrogens is 469 g/mol. The van der Waals surface area contributed by atoms with Gasteiger partial charge in [-0.1, -0.05) is 48.5 Å². The summed E-state index contributed by atoms with van der Waals surface area (Å²) in [7, 11) is 3.45. The Bertz CT molecular complexity index is 1710. The summed E-state index contributed by atoms with van der Waals surface area (Å²) >= 11 is 0. The number of aryl methyl sites for hydroxylation is 1. The minimum atomic E-state index is -0.764. The van der Waals surface area contributed by atoms with Crippen molar-refractivity contribution in [3.63, 3.8) is 0 Å². The number of benzene rings is 3. The fourth-order valence-corrected chi connectivity index (χ4v) is 4.53. The molecule has 0 unspecified atom stereocenters. The van der Waals surface area contributed by atoms with E-state index in [9.17, 15) is 9.59 Å². The standard InChI is InChI=1S/C29H24FN5O2/c1-32-26-15-25-19(16-33-26)14-21(28(36)35(25)2)18-11-12-23(30)22(13-18)27-20(17-7-4-3-5-8-17)9-6-10-24(27)34-29(31)37/h3-16H,1-2H3,(H,32,33)(H3,31,34,37). The monoisotopic (exact) mass is 493 g/mol. The number of nitrogens with one attached hydrogen (secondary N) is 2. The summed E-state index contributed by atoms with van der Waals surface area (Å²) in [6.07, 6.45) is 1.69. The molecule has 3 aromatic carbocycles. The number of fused-ring (bicyclic) bond motifs is 1. The molecule has 5 rings (SSSR count). The molecule has 7 nitrogen and oxygen atoms in total. The van der Waals surface area contributed by atoms with Crippen molar-refractivity contribution in [2.24, 2.45) is 12.8 Å². The number of primary amides is 1. The van der Waals surface area contributed by atoms with Gasteiger partial charge in [0.25, 0.3) is 5.56 Å². The van der Waals surface area contributed by atoms with Gasteiger partial charge in [0.1, 0.15) is 11.6 Å². The summed E-state index contributed by atoms with van der Waals surface area (Å²) < 4.78 is 17.0. The van der Waals surface area contributed by atoms with Gasteiger partial charge in [0.15, 0.2) is 0 Å². The molecule has 0 aliphatic carbocycles. The minimum Gasteiger partial charge on any atom is -0.373 e. The van der Waals surface area contributed by atoms with Gasteiger partial charge in [-0.25, -0.2) is 14.2 Å². The molecule has 0 bridgehead atoms. The van der Waals surface area contributed by atoms with Gasteiger partial charge < -0.3 is 20.9 Å². The highest BCUT2D eigenvalue weighted by Gasteiger charge is 2.19. The molecule has 8 heteroatoms. The molecule has 0 atom stereocenters. The maximum atomic E-state index is 15.5. The Balaban J connectivity index is 1.76. The van der Waals surface area contributed by atoms with E-state index in [1.54, 1.807) is 61.3 Å². The van der Waals surface area contributed by atoms with Crippen molar-refractivity contribution < 1.29 is 9.18 Å². The molecule has 0 saturated carbocycles. The predicted molar refractivity (Wildman–Crippen MR) is 146 cm³/mol. The lowest BCUT2D eigenvalue weighted by atomic mass is 9.91. The van der Waals surface area contributed by atoms with Crippen molar-refractivity contribution in [1.29, 1.82) is 0 Å². The van der Waals surface area contributed by atoms with Crippen LogP contribution in [-0.4, -0.2) is 22.6 Å². The number of amides is 2. The molecule has 184 valence electrons. The largest absolute Gasteiger partial charge is 0.373 e. The molecule has 0 aliphatic heterocycles. The average Bonchev–Trinajstić information content (AvgIpc) is 2.91. The van der Waals surface area contributed by atoms with Crippen molar-refractivity contribution in [2.75, 3.05) is 17.7 Å². The van der Waals surface area contributed by atoms with Crippen LogP contribution < -0.4 is 21.9 Å². The first-order chi connectivity index (χ1) is 17.9. The zero-order valence-electron chi connectivity index (χ0n) is 20.2. The first kappa shape index (κ1) is 23.7. The minimum absolute atomic E-state index is 0.228. The second kappa shape index (κ2) is 9.58. The van der Waals surface area contributed by atoms with E-state index in [2.05, 4.69) is 15.6 Å². The van der Waals surface area contributed by atoms with E-state index in [0.717, 1.165) is 16.5 Å². The molecule has 2 heterocycles. The molecule has 5 aromatic rings. The fourth-order valence-electron chi connectivity index (χ4n) is 4.53. The van der Waals surface area contributed by atoms with Crippen LogP contribution in [0.3, 0.4) is 0 Å². The second-order valence-electron chi connectivity index (χ2n) is 8.58. The molecule has 37 heavy (non-hydrogen) atoms. The zero-order valence-corrected chi connectivity index (χ0v) is 20.2. The first-order valence-corrected chi connectivity index (χ1v) is 11.6. The smallest absolute Gasteiger partial charge is 0.316 e. The van der Waals surface area contributed by atoms with Crippen LogP contribution in [0.2, 0.25) is 0 Å². The van der Waals surface area contributed by atoms with E-state index in [4.69, 9.17) is 5.73 Å². The summed E-state index contributed by atoms with van der Waals surface area (Å²) in [5, 5.41) is 6.36. The predicted octanol–water partition coefficient (Wildman–Crippen LogP) is 5.61. The van der Waals surface area contributed by atoms with Crippen molar-refractivity contribution in [3.05, 3.63) is 101 Å². The van der Waals surface area contributed by atoms with Gasteiger partial charge in [0, 0.05) is 48.4 Å².